The third-order valence-corrected chi connectivity index (χ3v) is 6.51. The molecule has 31 heavy (non-hydrogen) atoms. The first-order valence-corrected chi connectivity index (χ1v) is 10.7. The summed E-state index contributed by atoms with van der Waals surface area (Å²) in [5.41, 5.74) is 9.48. The van der Waals surface area contributed by atoms with Crippen LogP contribution in [0.4, 0.5) is 5.69 Å². The number of hydrogen-bond donors (Lipinski definition) is 0. The topological polar surface area (TPSA) is 21.4 Å². The molecule has 0 atom stereocenters. The maximum atomic E-state index is 7.32. The molecule has 2 aromatic heterocycles. The Balaban J connectivity index is 1.84. The molecule has 0 radical (unpaired) electrons. The van der Waals surface area contributed by atoms with Crippen molar-refractivity contribution in [1.82, 2.24) is 0 Å². The average Bonchev–Trinajstić information content (AvgIpc) is 3.12. The summed E-state index contributed by atoms with van der Waals surface area (Å²) in [6.07, 6.45) is 0. The van der Waals surface area contributed by atoms with Gasteiger partial charge in [0.25, 0.3) is 0 Å². The molecule has 0 bridgehead atoms. The first-order chi connectivity index (χ1) is 14.9. The van der Waals surface area contributed by atoms with Crippen LogP contribution in [0.1, 0.15) is 36.5 Å². The van der Waals surface area contributed by atoms with E-state index in [4.69, 9.17) is 11.0 Å². The highest BCUT2D eigenvalue weighted by molar-refractivity contribution is 6.10. The van der Waals surface area contributed by atoms with Crippen molar-refractivity contribution in [1.29, 1.82) is 0 Å². The summed E-state index contributed by atoms with van der Waals surface area (Å²) in [4.78, 5) is 3.56. The largest absolute Gasteiger partial charge is 0.456 e. The number of hydrogen-bond acceptors (Lipinski definition) is 1. The van der Waals surface area contributed by atoms with Gasteiger partial charge in [0.15, 0.2) is 5.69 Å². The zero-order chi connectivity index (χ0) is 21.9. The maximum absolute atomic E-state index is 7.32. The molecule has 0 N–H and O–H groups in total. The van der Waals surface area contributed by atoms with E-state index in [9.17, 15) is 0 Å². The molecule has 152 valence electrons. The normalized spacial score (nSPS) is 11.6. The van der Waals surface area contributed by atoms with Gasteiger partial charge in [-0.05, 0) is 60.7 Å². The van der Waals surface area contributed by atoms with Crippen LogP contribution in [0.2, 0.25) is 0 Å². The lowest BCUT2D eigenvalue weighted by Crippen LogP contribution is -2.32. The Bertz CT molecular complexity index is 1550. The van der Waals surface area contributed by atoms with Crippen molar-refractivity contribution in [2.75, 3.05) is 0 Å². The number of furan rings is 1. The number of pyridine rings is 1. The van der Waals surface area contributed by atoms with Crippen molar-refractivity contribution >= 4 is 38.5 Å². The molecule has 3 aromatic carbocycles. The van der Waals surface area contributed by atoms with E-state index in [2.05, 4.69) is 80.6 Å². The van der Waals surface area contributed by atoms with Gasteiger partial charge < -0.3 is 4.42 Å². The van der Waals surface area contributed by atoms with Crippen molar-refractivity contribution < 1.29 is 8.98 Å². The Morgan fingerprint density at radius 2 is 1.74 bits per heavy atom. The molecule has 0 aliphatic carbocycles. The molecule has 0 saturated heterocycles. The highest BCUT2D eigenvalue weighted by Crippen LogP contribution is 2.39. The molecule has 2 heterocycles. The van der Waals surface area contributed by atoms with Crippen LogP contribution in [0.15, 0.2) is 59.0 Å². The van der Waals surface area contributed by atoms with Crippen LogP contribution in [-0.2, 0) is 7.05 Å². The minimum absolute atomic E-state index is 0.504. The molecule has 3 nitrogen and oxygen atoms in total. The maximum Gasteiger partial charge on any atom is 0.216 e. The predicted octanol–water partition coefficient (Wildman–Crippen LogP) is 7.52. The molecule has 0 saturated carbocycles. The van der Waals surface area contributed by atoms with E-state index in [1.54, 1.807) is 0 Å². The quantitative estimate of drug-likeness (QED) is 0.220. The SMILES string of the molecule is [C-]#[N+]c1ccc2c(c1)oc1c(-c3ccc4cc(C(C)C)ccc4[n+]3C)c(C)c(C)cc12. The highest BCUT2D eigenvalue weighted by Gasteiger charge is 2.23. The van der Waals surface area contributed by atoms with Crippen molar-refractivity contribution in [2.24, 2.45) is 7.05 Å². The summed E-state index contributed by atoms with van der Waals surface area (Å²) >= 11 is 0. The van der Waals surface area contributed by atoms with E-state index in [0.29, 0.717) is 11.6 Å². The number of aromatic nitrogens is 1. The third-order valence-electron chi connectivity index (χ3n) is 6.51. The minimum atomic E-state index is 0.504. The third kappa shape index (κ3) is 2.91. The van der Waals surface area contributed by atoms with E-state index < -0.39 is 0 Å². The Labute approximate surface area is 182 Å². The Morgan fingerprint density at radius 3 is 2.48 bits per heavy atom. The van der Waals surface area contributed by atoms with Gasteiger partial charge in [-0.15, -0.1) is 0 Å². The molecule has 0 spiro atoms. The van der Waals surface area contributed by atoms with Crippen molar-refractivity contribution in [3.8, 4) is 11.3 Å². The Hall–Kier alpha value is -3.64. The van der Waals surface area contributed by atoms with Crippen LogP contribution in [0.25, 0.3) is 48.9 Å². The predicted molar refractivity (Wildman–Crippen MR) is 128 cm³/mol. The van der Waals surface area contributed by atoms with E-state index in [1.165, 1.54) is 27.6 Å². The zero-order valence-electron chi connectivity index (χ0n) is 18.6. The van der Waals surface area contributed by atoms with Crippen molar-refractivity contribution in [3.05, 3.63) is 82.7 Å². The molecule has 0 amide bonds. The van der Waals surface area contributed by atoms with Crippen LogP contribution in [0.5, 0.6) is 0 Å². The summed E-state index contributed by atoms with van der Waals surface area (Å²) < 4.78 is 8.64. The van der Waals surface area contributed by atoms with Gasteiger partial charge in [0, 0.05) is 28.3 Å². The van der Waals surface area contributed by atoms with Gasteiger partial charge in [-0.3, -0.25) is 0 Å². The fraction of sp³-hybridized carbons (Fsp3) is 0.214. The summed E-state index contributed by atoms with van der Waals surface area (Å²) in [7, 11) is 2.13. The molecular weight excluding hydrogens is 380 g/mol. The van der Waals surface area contributed by atoms with Gasteiger partial charge in [0.1, 0.15) is 18.2 Å². The van der Waals surface area contributed by atoms with Crippen molar-refractivity contribution in [3.63, 3.8) is 0 Å². The molecule has 0 fully saturated rings. The summed E-state index contributed by atoms with van der Waals surface area (Å²) in [5.74, 6) is 0.504. The summed E-state index contributed by atoms with van der Waals surface area (Å²) in [5, 5.41) is 3.39. The fourth-order valence-electron chi connectivity index (χ4n) is 4.54. The Morgan fingerprint density at radius 1 is 0.935 bits per heavy atom. The Kier molecular flexibility index (Phi) is 4.34. The number of rotatable bonds is 2. The lowest BCUT2D eigenvalue weighted by Gasteiger charge is -2.11. The van der Waals surface area contributed by atoms with E-state index in [-0.39, 0.29) is 0 Å². The van der Waals surface area contributed by atoms with Gasteiger partial charge in [-0.1, -0.05) is 32.0 Å². The van der Waals surface area contributed by atoms with Gasteiger partial charge >= 0.3 is 0 Å². The van der Waals surface area contributed by atoms with Gasteiger partial charge in [0.2, 0.25) is 11.2 Å². The first kappa shape index (κ1) is 19.3. The molecule has 5 aromatic rings. The van der Waals surface area contributed by atoms with Crippen LogP contribution < -0.4 is 4.57 Å². The van der Waals surface area contributed by atoms with Crippen LogP contribution >= 0.6 is 0 Å². The number of fused-ring (bicyclic) bond motifs is 4. The lowest BCUT2D eigenvalue weighted by atomic mass is 9.95. The molecule has 3 heteroatoms. The van der Waals surface area contributed by atoms with E-state index in [0.717, 1.165) is 33.2 Å². The minimum Gasteiger partial charge on any atom is -0.456 e. The van der Waals surface area contributed by atoms with Gasteiger partial charge in [-0.2, -0.15) is 4.57 Å². The second-order valence-corrected chi connectivity index (χ2v) is 8.72. The standard InChI is InChI=1S/C28H25N2O/c1-16(2)19-7-11-24-20(14-19)8-12-25(30(24)6)27-18(4)17(3)13-23-22-10-9-21(29-5)15-26(22)31-28(23)27/h7-16H,1-4,6H3/q+1. The molecular formula is C28H25N2O+. The van der Waals surface area contributed by atoms with Gasteiger partial charge in [-0.25, -0.2) is 4.85 Å². The number of benzene rings is 3. The number of nitrogens with zero attached hydrogens (tertiary/aromatic N) is 2. The number of aryl methyl sites for hydroxylation is 2. The zero-order valence-corrected chi connectivity index (χ0v) is 18.6. The second-order valence-electron chi connectivity index (χ2n) is 8.72. The van der Waals surface area contributed by atoms with Gasteiger partial charge in [0.05, 0.1) is 12.1 Å². The van der Waals surface area contributed by atoms with Crippen LogP contribution in [0, 0.1) is 20.4 Å². The first-order valence-electron chi connectivity index (χ1n) is 10.7. The van der Waals surface area contributed by atoms with Crippen LogP contribution in [-0.4, -0.2) is 0 Å². The smallest absolute Gasteiger partial charge is 0.216 e. The highest BCUT2D eigenvalue weighted by atomic mass is 16.3. The second kappa shape index (κ2) is 6.96. The molecule has 0 unspecified atom stereocenters. The molecule has 0 aliphatic heterocycles. The van der Waals surface area contributed by atoms with E-state index in [1.807, 2.05) is 18.2 Å². The lowest BCUT2D eigenvalue weighted by molar-refractivity contribution is -0.633. The summed E-state index contributed by atoms with van der Waals surface area (Å²) in [6, 6.07) is 19.0. The summed E-state index contributed by atoms with van der Waals surface area (Å²) in [6.45, 7) is 16.1. The molecule has 5 rings (SSSR count). The van der Waals surface area contributed by atoms with E-state index >= 15 is 0 Å². The van der Waals surface area contributed by atoms with Crippen LogP contribution in [0.3, 0.4) is 0 Å². The monoisotopic (exact) mass is 405 g/mol. The molecule has 0 aliphatic rings. The van der Waals surface area contributed by atoms with Crippen molar-refractivity contribution in [2.45, 2.75) is 33.6 Å². The fourth-order valence-corrected chi connectivity index (χ4v) is 4.54. The average molecular weight is 406 g/mol.